The number of carbonyl (C=O) groups is 1. The maximum atomic E-state index is 12.5. The molecule has 4 heteroatoms. The van der Waals surface area contributed by atoms with Crippen LogP contribution >= 0.6 is 15.9 Å². The number of nitrogens with zero attached hydrogens (tertiary/aromatic N) is 1. The zero-order valence-corrected chi connectivity index (χ0v) is 13.4. The van der Waals surface area contributed by atoms with Gasteiger partial charge in [0.1, 0.15) is 11.4 Å². The number of ketones is 1. The number of likely N-dealkylation sites (tertiary alicyclic amines) is 1. The summed E-state index contributed by atoms with van der Waals surface area (Å²) in [5.74, 6) is 0.979. The van der Waals surface area contributed by atoms with Gasteiger partial charge in [0.25, 0.3) is 0 Å². The number of ether oxygens (including phenoxy) is 1. The molecule has 1 fully saturated rings. The van der Waals surface area contributed by atoms with E-state index in [2.05, 4.69) is 27.8 Å². The van der Waals surface area contributed by atoms with Crippen LogP contribution in [0.3, 0.4) is 0 Å². The van der Waals surface area contributed by atoms with E-state index in [9.17, 15) is 4.79 Å². The number of Topliss-reactive ketones (excluding diaryl/α,β-unsaturated/α-hetero) is 1. The number of benzene rings is 1. The van der Waals surface area contributed by atoms with E-state index in [4.69, 9.17) is 4.74 Å². The van der Waals surface area contributed by atoms with E-state index in [1.165, 1.54) is 0 Å². The molecule has 2 aliphatic rings. The maximum Gasteiger partial charge on any atom is 0.170 e. The van der Waals surface area contributed by atoms with Crippen LogP contribution in [0.25, 0.3) is 0 Å². The summed E-state index contributed by atoms with van der Waals surface area (Å²) in [6.07, 6.45) is 3.55. The molecule has 0 amide bonds. The Kier molecular flexibility index (Phi) is 3.87. The second-order valence-corrected chi connectivity index (χ2v) is 6.73. The van der Waals surface area contributed by atoms with Crippen molar-refractivity contribution in [2.75, 3.05) is 19.6 Å². The number of halogens is 1. The number of hydrogen-bond donors (Lipinski definition) is 0. The van der Waals surface area contributed by atoms with Crippen LogP contribution < -0.4 is 4.74 Å². The third-order valence-corrected chi connectivity index (χ3v) is 4.98. The van der Waals surface area contributed by atoms with Crippen LogP contribution in [0.15, 0.2) is 22.7 Å². The monoisotopic (exact) mass is 337 g/mol. The molecule has 0 radical (unpaired) electrons. The third kappa shape index (κ3) is 2.63. The molecule has 2 aliphatic heterocycles. The van der Waals surface area contributed by atoms with Crippen molar-refractivity contribution in [1.82, 2.24) is 4.90 Å². The highest BCUT2D eigenvalue weighted by molar-refractivity contribution is 9.10. The average molecular weight is 338 g/mol. The summed E-state index contributed by atoms with van der Waals surface area (Å²) in [7, 11) is 0. The summed E-state index contributed by atoms with van der Waals surface area (Å²) in [5, 5.41) is 0. The van der Waals surface area contributed by atoms with Crippen LogP contribution in [0, 0.1) is 0 Å². The first-order valence-corrected chi connectivity index (χ1v) is 8.15. The number of fused-ring (bicyclic) bond motifs is 1. The molecule has 1 saturated heterocycles. The minimum atomic E-state index is -0.276. The second kappa shape index (κ2) is 5.49. The van der Waals surface area contributed by atoms with Gasteiger partial charge in [0.2, 0.25) is 0 Å². The van der Waals surface area contributed by atoms with Crippen LogP contribution in [-0.2, 0) is 0 Å². The van der Waals surface area contributed by atoms with Crippen LogP contribution in [-0.4, -0.2) is 35.9 Å². The summed E-state index contributed by atoms with van der Waals surface area (Å²) in [4.78, 5) is 14.9. The summed E-state index contributed by atoms with van der Waals surface area (Å²) in [6, 6.07) is 5.74. The van der Waals surface area contributed by atoms with Gasteiger partial charge in [-0.25, -0.2) is 0 Å². The quantitative estimate of drug-likeness (QED) is 0.783. The van der Waals surface area contributed by atoms with Gasteiger partial charge in [-0.2, -0.15) is 0 Å². The van der Waals surface area contributed by atoms with E-state index in [1.807, 2.05) is 18.2 Å². The first-order chi connectivity index (χ1) is 9.62. The van der Waals surface area contributed by atoms with Gasteiger partial charge in [0, 0.05) is 17.4 Å². The van der Waals surface area contributed by atoms with Gasteiger partial charge in [-0.3, -0.25) is 4.79 Å². The van der Waals surface area contributed by atoms with E-state index in [0.29, 0.717) is 6.42 Å². The van der Waals surface area contributed by atoms with Crippen LogP contribution in [0.4, 0.5) is 0 Å². The van der Waals surface area contributed by atoms with Gasteiger partial charge in [0.15, 0.2) is 5.78 Å². The van der Waals surface area contributed by atoms with Gasteiger partial charge in [-0.05, 0) is 44.1 Å². The lowest BCUT2D eigenvalue weighted by molar-refractivity contribution is 0.0301. The molecular weight excluding hydrogens is 318 g/mol. The molecule has 20 heavy (non-hydrogen) atoms. The van der Waals surface area contributed by atoms with Crippen molar-refractivity contribution in [3.8, 4) is 5.75 Å². The Morgan fingerprint density at radius 1 is 1.35 bits per heavy atom. The maximum absolute atomic E-state index is 12.5. The molecule has 1 spiro atoms. The van der Waals surface area contributed by atoms with Gasteiger partial charge < -0.3 is 9.64 Å². The molecule has 0 saturated carbocycles. The Bertz CT molecular complexity index is 531. The van der Waals surface area contributed by atoms with Gasteiger partial charge >= 0.3 is 0 Å². The molecule has 0 bridgehead atoms. The predicted octanol–water partition coefficient (Wildman–Crippen LogP) is 3.66. The van der Waals surface area contributed by atoms with E-state index in [-0.39, 0.29) is 11.4 Å². The summed E-state index contributed by atoms with van der Waals surface area (Å²) < 4.78 is 7.22. The Morgan fingerprint density at radius 3 is 3.00 bits per heavy atom. The van der Waals surface area contributed by atoms with E-state index >= 15 is 0 Å². The lowest BCUT2D eigenvalue weighted by Gasteiger charge is -2.37. The van der Waals surface area contributed by atoms with E-state index in [0.717, 1.165) is 54.7 Å². The minimum absolute atomic E-state index is 0.220. The summed E-state index contributed by atoms with van der Waals surface area (Å²) in [5.41, 5.74) is 0.448. The Morgan fingerprint density at radius 2 is 2.20 bits per heavy atom. The fourth-order valence-corrected chi connectivity index (χ4v) is 3.65. The van der Waals surface area contributed by atoms with Gasteiger partial charge in [-0.15, -0.1) is 0 Å². The highest BCUT2D eigenvalue weighted by atomic mass is 79.9. The summed E-state index contributed by atoms with van der Waals surface area (Å²) >= 11 is 3.42. The van der Waals surface area contributed by atoms with E-state index in [1.54, 1.807) is 0 Å². The van der Waals surface area contributed by atoms with Crippen LogP contribution in [0.2, 0.25) is 0 Å². The molecule has 0 aliphatic carbocycles. The molecule has 2 heterocycles. The highest BCUT2D eigenvalue weighted by Crippen LogP contribution is 2.40. The normalized spacial score (nSPS) is 27.0. The fourth-order valence-electron chi connectivity index (χ4n) is 3.28. The largest absolute Gasteiger partial charge is 0.486 e. The first kappa shape index (κ1) is 14.1. The molecule has 3 nitrogen and oxygen atoms in total. The van der Waals surface area contributed by atoms with Crippen molar-refractivity contribution >= 4 is 21.7 Å². The Hall–Kier alpha value is -0.870. The standard InChI is InChI=1S/C16H20BrNO2/c1-2-18-8-3-6-16(7-9-18)11-14(19)13-10-12(17)4-5-15(13)20-16/h4-5,10H,2-3,6-9,11H2,1H3. The first-order valence-electron chi connectivity index (χ1n) is 7.36. The van der Waals surface area contributed by atoms with Crippen molar-refractivity contribution in [2.45, 2.75) is 38.2 Å². The lowest BCUT2D eigenvalue weighted by atomic mass is 9.84. The minimum Gasteiger partial charge on any atom is -0.486 e. The summed E-state index contributed by atoms with van der Waals surface area (Å²) in [6.45, 7) is 5.41. The zero-order chi connectivity index (χ0) is 14.2. The molecule has 3 rings (SSSR count). The topological polar surface area (TPSA) is 29.5 Å². The van der Waals surface area contributed by atoms with Crippen LogP contribution in [0.1, 0.15) is 43.0 Å². The molecule has 0 N–H and O–H groups in total. The molecule has 1 aromatic carbocycles. The molecule has 0 aromatic heterocycles. The third-order valence-electron chi connectivity index (χ3n) is 4.49. The van der Waals surface area contributed by atoms with Crippen molar-refractivity contribution in [3.05, 3.63) is 28.2 Å². The SMILES string of the molecule is CCN1CCCC2(CC1)CC(=O)c1cc(Br)ccc1O2. The fraction of sp³-hybridized carbons (Fsp3) is 0.562. The molecule has 1 atom stereocenters. The molecular formula is C16H20BrNO2. The number of carbonyl (C=O) groups excluding carboxylic acids is 1. The van der Waals surface area contributed by atoms with Crippen molar-refractivity contribution in [3.63, 3.8) is 0 Å². The van der Waals surface area contributed by atoms with Gasteiger partial charge in [-0.1, -0.05) is 22.9 Å². The lowest BCUT2D eigenvalue weighted by Crippen LogP contribution is -2.42. The van der Waals surface area contributed by atoms with Crippen molar-refractivity contribution in [1.29, 1.82) is 0 Å². The van der Waals surface area contributed by atoms with Crippen LogP contribution in [0.5, 0.6) is 5.75 Å². The average Bonchev–Trinajstić information content (AvgIpc) is 2.62. The number of rotatable bonds is 1. The molecule has 1 unspecified atom stereocenters. The Labute approximate surface area is 128 Å². The van der Waals surface area contributed by atoms with Gasteiger partial charge in [0.05, 0.1) is 12.0 Å². The number of hydrogen-bond acceptors (Lipinski definition) is 3. The Balaban J connectivity index is 1.87. The van der Waals surface area contributed by atoms with E-state index < -0.39 is 0 Å². The smallest absolute Gasteiger partial charge is 0.170 e. The predicted molar refractivity (Wildman–Crippen MR) is 82.4 cm³/mol. The highest BCUT2D eigenvalue weighted by Gasteiger charge is 2.41. The van der Waals surface area contributed by atoms with Crippen molar-refractivity contribution in [2.24, 2.45) is 0 Å². The second-order valence-electron chi connectivity index (χ2n) is 5.81. The molecule has 1 aromatic rings. The zero-order valence-electron chi connectivity index (χ0n) is 11.8. The van der Waals surface area contributed by atoms with Crippen molar-refractivity contribution < 1.29 is 9.53 Å². The molecule has 108 valence electrons.